The van der Waals surface area contributed by atoms with Crippen LogP contribution in [0.15, 0.2) is 24.3 Å². The highest BCUT2D eigenvalue weighted by molar-refractivity contribution is 5.74. The van der Waals surface area contributed by atoms with Crippen molar-refractivity contribution in [3.63, 3.8) is 0 Å². The van der Waals surface area contributed by atoms with E-state index in [0.29, 0.717) is 30.2 Å². The lowest BCUT2D eigenvalue weighted by Crippen LogP contribution is -2.43. The summed E-state index contributed by atoms with van der Waals surface area (Å²) in [4.78, 5) is 12.2. The van der Waals surface area contributed by atoms with Crippen molar-refractivity contribution in [2.75, 3.05) is 6.61 Å². The maximum atomic E-state index is 12.2. The molecule has 1 fully saturated rings. The number of benzene rings is 1. The highest BCUT2D eigenvalue weighted by Crippen LogP contribution is 2.30. The van der Waals surface area contributed by atoms with Crippen LogP contribution in [-0.2, 0) is 6.54 Å². The molecule has 0 spiro atoms. The SMILES string of the molecule is CC(C)CCC1CCCC1NC(=O)NCc1cccc(OCC#N)c1. The Labute approximate surface area is 150 Å². The zero-order chi connectivity index (χ0) is 18.1. The van der Waals surface area contributed by atoms with E-state index in [1.807, 2.05) is 24.3 Å². The number of hydrogen-bond donors (Lipinski definition) is 2. The van der Waals surface area contributed by atoms with Crippen LogP contribution < -0.4 is 15.4 Å². The van der Waals surface area contributed by atoms with Gasteiger partial charge in [0.05, 0.1) is 0 Å². The third-order valence-electron chi connectivity index (χ3n) is 4.75. The number of nitriles is 1. The van der Waals surface area contributed by atoms with Gasteiger partial charge in [-0.15, -0.1) is 0 Å². The fourth-order valence-electron chi connectivity index (χ4n) is 3.38. The van der Waals surface area contributed by atoms with Crippen molar-refractivity contribution in [3.05, 3.63) is 29.8 Å². The molecule has 2 atom stereocenters. The van der Waals surface area contributed by atoms with Crippen LogP contribution in [0, 0.1) is 23.2 Å². The Balaban J connectivity index is 1.77. The van der Waals surface area contributed by atoms with Gasteiger partial charge in [0, 0.05) is 12.6 Å². The Morgan fingerprint density at radius 3 is 3.00 bits per heavy atom. The molecule has 5 nitrogen and oxygen atoms in total. The van der Waals surface area contributed by atoms with Gasteiger partial charge in [-0.2, -0.15) is 5.26 Å². The number of amides is 2. The summed E-state index contributed by atoms with van der Waals surface area (Å²) in [5.74, 6) is 1.97. The van der Waals surface area contributed by atoms with E-state index in [1.165, 1.54) is 25.7 Å². The van der Waals surface area contributed by atoms with Gasteiger partial charge in [-0.05, 0) is 48.8 Å². The molecule has 1 aliphatic carbocycles. The number of carbonyl (C=O) groups excluding carboxylic acids is 1. The highest BCUT2D eigenvalue weighted by atomic mass is 16.5. The molecule has 2 rings (SSSR count). The normalized spacial score (nSPS) is 19.4. The van der Waals surface area contributed by atoms with Crippen molar-refractivity contribution in [1.29, 1.82) is 5.26 Å². The molecule has 2 N–H and O–H groups in total. The lowest BCUT2D eigenvalue weighted by atomic mass is 9.94. The second-order valence-corrected chi connectivity index (χ2v) is 7.19. The molecular formula is C20H29N3O2. The molecule has 0 aromatic heterocycles. The van der Waals surface area contributed by atoms with Gasteiger partial charge in [-0.25, -0.2) is 4.79 Å². The molecule has 1 aliphatic rings. The molecule has 25 heavy (non-hydrogen) atoms. The Morgan fingerprint density at radius 2 is 2.24 bits per heavy atom. The zero-order valence-electron chi connectivity index (χ0n) is 15.3. The molecule has 0 heterocycles. The number of rotatable bonds is 8. The van der Waals surface area contributed by atoms with Crippen molar-refractivity contribution in [2.24, 2.45) is 11.8 Å². The van der Waals surface area contributed by atoms with E-state index < -0.39 is 0 Å². The Morgan fingerprint density at radius 1 is 1.40 bits per heavy atom. The van der Waals surface area contributed by atoms with Crippen molar-refractivity contribution in [2.45, 2.75) is 58.5 Å². The number of urea groups is 1. The molecule has 0 saturated heterocycles. The van der Waals surface area contributed by atoms with E-state index in [2.05, 4.69) is 24.5 Å². The number of hydrogen-bond acceptors (Lipinski definition) is 3. The topological polar surface area (TPSA) is 74.2 Å². The minimum absolute atomic E-state index is 0.0246. The molecule has 0 bridgehead atoms. The Bertz CT molecular complexity index is 595. The summed E-state index contributed by atoms with van der Waals surface area (Å²) in [7, 11) is 0. The summed E-state index contributed by atoms with van der Waals surface area (Å²) in [5, 5.41) is 14.6. The van der Waals surface area contributed by atoms with Gasteiger partial charge in [-0.1, -0.05) is 38.8 Å². The Kier molecular flexibility index (Phi) is 7.59. The monoisotopic (exact) mass is 343 g/mol. The van der Waals surface area contributed by atoms with Gasteiger partial charge in [-0.3, -0.25) is 0 Å². The van der Waals surface area contributed by atoms with E-state index >= 15 is 0 Å². The standard InChI is InChI=1S/C20H29N3O2/c1-15(2)9-10-17-6-4-8-19(17)23-20(24)22-14-16-5-3-7-18(13-16)25-12-11-21/h3,5,7,13,15,17,19H,4,6,8-10,12,14H2,1-2H3,(H2,22,23,24). The Hall–Kier alpha value is -2.22. The molecule has 1 aromatic carbocycles. The van der Waals surface area contributed by atoms with Crippen molar-refractivity contribution in [1.82, 2.24) is 10.6 Å². The largest absolute Gasteiger partial charge is 0.479 e. The average Bonchev–Trinajstić information content (AvgIpc) is 3.03. The third-order valence-corrected chi connectivity index (χ3v) is 4.75. The number of nitrogens with one attached hydrogen (secondary N) is 2. The third kappa shape index (κ3) is 6.66. The molecule has 0 aliphatic heterocycles. The van der Waals surface area contributed by atoms with Gasteiger partial charge in [0.15, 0.2) is 6.61 Å². The summed E-state index contributed by atoms with van der Waals surface area (Å²) >= 11 is 0. The molecule has 0 radical (unpaired) electrons. The fraction of sp³-hybridized carbons (Fsp3) is 0.600. The molecule has 136 valence electrons. The van der Waals surface area contributed by atoms with Gasteiger partial charge >= 0.3 is 6.03 Å². The van der Waals surface area contributed by atoms with Crippen LogP contribution in [0.25, 0.3) is 0 Å². The molecule has 5 heteroatoms. The van der Waals surface area contributed by atoms with Gasteiger partial charge < -0.3 is 15.4 Å². The van der Waals surface area contributed by atoms with E-state index in [1.54, 1.807) is 6.07 Å². The first-order valence-electron chi connectivity index (χ1n) is 9.21. The van der Waals surface area contributed by atoms with Gasteiger partial charge in [0.2, 0.25) is 0 Å². The predicted molar refractivity (Wildman–Crippen MR) is 98.1 cm³/mol. The first-order chi connectivity index (χ1) is 12.1. The maximum Gasteiger partial charge on any atom is 0.315 e. The van der Waals surface area contributed by atoms with Crippen molar-refractivity contribution in [3.8, 4) is 11.8 Å². The molecule has 1 aromatic rings. The van der Waals surface area contributed by atoms with E-state index in [9.17, 15) is 4.79 Å². The van der Waals surface area contributed by atoms with Crippen LogP contribution in [0.3, 0.4) is 0 Å². The molecule has 1 saturated carbocycles. The first-order valence-corrected chi connectivity index (χ1v) is 9.21. The molecular weight excluding hydrogens is 314 g/mol. The van der Waals surface area contributed by atoms with Crippen LogP contribution in [0.2, 0.25) is 0 Å². The predicted octanol–water partition coefficient (Wildman–Crippen LogP) is 3.99. The van der Waals surface area contributed by atoms with Crippen molar-refractivity contribution < 1.29 is 9.53 Å². The maximum absolute atomic E-state index is 12.2. The quantitative estimate of drug-likeness (QED) is 0.749. The van der Waals surface area contributed by atoms with Crippen LogP contribution in [0.1, 0.15) is 51.5 Å². The van der Waals surface area contributed by atoms with E-state index in [0.717, 1.165) is 12.0 Å². The lowest BCUT2D eigenvalue weighted by molar-refractivity contribution is 0.231. The summed E-state index contributed by atoms with van der Waals surface area (Å²) in [6, 6.07) is 9.58. The summed E-state index contributed by atoms with van der Waals surface area (Å²) in [6.07, 6.45) is 5.91. The van der Waals surface area contributed by atoms with Crippen LogP contribution in [-0.4, -0.2) is 18.7 Å². The van der Waals surface area contributed by atoms with Crippen LogP contribution >= 0.6 is 0 Å². The van der Waals surface area contributed by atoms with Gasteiger partial charge in [0.25, 0.3) is 0 Å². The lowest BCUT2D eigenvalue weighted by Gasteiger charge is -2.22. The summed E-state index contributed by atoms with van der Waals surface area (Å²) in [6.45, 7) is 4.97. The first kappa shape index (κ1) is 19.1. The smallest absolute Gasteiger partial charge is 0.315 e. The zero-order valence-corrected chi connectivity index (χ0v) is 15.3. The number of nitrogens with zero attached hydrogens (tertiary/aromatic N) is 1. The van der Waals surface area contributed by atoms with Gasteiger partial charge in [0.1, 0.15) is 11.8 Å². The van der Waals surface area contributed by atoms with Crippen molar-refractivity contribution >= 4 is 6.03 Å². The van der Waals surface area contributed by atoms with Crippen LogP contribution in [0.4, 0.5) is 4.79 Å². The minimum atomic E-state index is -0.107. The number of ether oxygens (including phenoxy) is 1. The second-order valence-electron chi connectivity index (χ2n) is 7.19. The summed E-state index contributed by atoms with van der Waals surface area (Å²) < 4.78 is 5.28. The summed E-state index contributed by atoms with van der Waals surface area (Å²) in [5.41, 5.74) is 0.952. The minimum Gasteiger partial charge on any atom is -0.479 e. The van der Waals surface area contributed by atoms with Crippen LogP contribution in [0.5, 0.6) is 5.75 Å². The molecule has 2 amide bonds. The number of carbonyl (C=O) groups is 1. The van der Waals surface area contributed by atoms with E-state index in [-0.39, 0.29) is 12.6 Å². The highest BCUT2D eigenvalue weighted by Gasteiger charge is 2.28. The fourth-order valence-corrected chi connectivity index (χ4v) is 3.38. The molecule has 2 unspecified atom stereocenters. The average molecular weight is 343 g/mol. The van der Waals surface area contributed by atoms with E-state index in [4.69, 9.17) is 10.00 Å². The second kappa shape index (κ2) is 9.93.